The summed E-state index contributed by atoms with van der Waals surface area (Å²) in [5.41, 5.74) is 7.05. The summed E-state index contributed by atoms with van der Waals surface area (Å²) in [5, 5.41) is 0.919. The fraction of sp³-hybridized carbons (Fsp3) is 0.0500. The van der Waals surface area contributed by atoms with Crippen molar-refractivity contribution in [3.63, 3.8) is 0 Å². The molecule has 4 aromatic rings. The standard InChI is InChI=1S/C20H15BrN4O3/c1-26-12-4-6-13(7-5-12)27-19-17(22)20(25-11-24-19)28-16-9-8-15(21)14-3-2-10-23-18(14)16/h2-11H,22H2,1H3. The van der Waals surface area contributed by atoms with Gasteiger partial charge in [-0.3, -0.25) is 4.98 Å². The SMILES string of the molecule is COc1ccc(Oc2ncnc(Oc3ccc(Br)c4cccnc34)c2N)cc1. The van der Waals surface area contributed by atoms with Gasteiger partial charge in [0.25, 0.3) is 0 Å². The van der Waals surface area contributed by atoms with Crippen LogP contribution in [0.25, 0.3) is 10.9 Å². The number of methoxy groups -OCH3 is 1. The third-order valence-electron chi connectivity index (χ3n) is 3.97. The Hall–Kier alpha value is -3.39. The zero-order valence-corrected chi connectivity index (χ0v) is 16.4. The van der Waals surface area contributed by atoms with Gasteiger partial charge in [-0.15, -0.1) is 0 Å². The van der Waals surface area contributed by atoms with Crippen LogP contribution >= 0.6 is 15.9 Å². The molecule has 2 N–H and O–H groups in total. The van der Waals surface area contributed by atoms with Crippen molar-refractivity contribution in [3.05, 3.63) is 65.5 Å². The van der Waals surface area contributed by atoms with E-state index in [0.29, 0.717) is 17.0 Å². The molecule has 4 rings (SSSR count). The molecule has 2 heterocycles. The summed E-state index contributed by atoms with van der Waals surface area (Å²) in [6.07, 6.45) is 3.03. The van der Waals surface area contributed by atoms with E-state index in [1.54, 1.807) is 43.6 Å². The molecule has 0 saturated carbocycles. The maximum absolute atomic E-state index is 6.18. The lowest BCUT2D eigenvalue weighted by molar-refractivity contribution is 0.411. The maximum Gasteiger partial charge on any atom is 0.249 e. The predicted molar refractivity (Wildman–Crippen MR) is 109 cm³/mol. The minimum Gasteiger partial charge on any atom is -0.497 e. The van der Waals surface area contributed by atoms with E-state index in [9.17, 15) is 0 Å². The molecule has 2 aromatic heterocycles. The Morgan fingerprint density at radius 2 is 1.57 bits per heavy atom. The zero-order valence-electron chi connectivity index (χ0n) is 14.8. The van der Waals surface area contributed by atoms with Gasteiger partial charge in [0.15, 0.2) is 11.4 Å². The summed E-state index contributed by atoms with van der Waals surface area (Å²) in [4.78, 5) is 12.6. The molecule has 8 heteroatoms. The van der Waals surface area contributed by atoms with Crippen LogP contribution in [0.3, 0.4) is 0 Å². The Balaban J connectivity index is 1.65. The van der Waals surface area contributed by atoms with Crippen molar-refractivity contribution >= 4 is 32.5 Å². The van der Waals surface area contributed by atoms with E-state index < -0.39 is 0 Å². The number of nitrogen functional groups attached to an aromatic ring is 1. The third kappa shape index (κ3) is 3.54. The number of nitrogens with zero attached hydrogens (tertiary/aromatic N) is 3. The van der Waals surface area contributed by atoms with Gasteiger partial charge >= 0.3 is 0 Å². The van der Waals surface area contributed by atoms with Gasteiger partial charge < -0.3 is 19.9 Å². The van der Waals surface area contributed by atoms with Crippen LogP contribution in [0.4, 0.5) is 5.69 Å². The van der Waals surface area contributed by atoms with Crippen LogP contribution in [0.2, 0.25) is 0 Å². The number of hydrogen-bond acceptors (Lipinski definition) is 7. The molecule has 0 amide bonds. The van der Waals surface area contributed by atoms with E-state index in [1.807, 2.05) is 18.2 Å². The average Bonchev–Trinajstić information content (AvgIpc) is 2.73. The van der Waals surface area contributed by atoms with E-state index >= 15 is 0 Å². The normalized spacial score (nSPS) is 10.6. The highest BCUT2D eigenvalue weighted by molar-refractivity contribution is 9.10. The molecular weight excluding hydrogens is 424 g/mol. The number of benzene rings is 2. The zero-order chi connectivity index (χ0) is 19.5. The van der Waals surface area contributed by atoms with Crippen molar-refractivity contribution in [1.82, 2.24) is 15.0 Å². The smallest absolute Gasteiger partial charge is 0.249 e. The monoisotopic (exact) mass is 438 g/mol. The van der Waals surface area contributed by atoms with Gasteiger partial charge in [-0.25, -0.2) is 0 Å². The first kappa shape index (κ1) is 18.0. The summed E-state index contributed by atoms with van der Waals surface area (Å²) in [6, 6.07) is 14.6. The molecule has 0 bridgehead atoms. The molecule has 0 saturated heterocycles. The van der Waals surface area contributed by atoms with Gasteiger partial charge in [0.2, 0.25) is 11.8 Å². The van der Waals surface area contributed by atoms with E-state index in [0.717, 1.165) is 15.6 Å². The van der Waals surface area contributed by atoms with E-state index in [1.165, 1.54) is 6.33 Å². The summed E-state index contributed by atoms with van der Waals surface area (Å²) in [5.74, 6) is 2.20. The minimum atomic E-state index is 0.185. The Bertz CT molecular complexity index is 1140. The molecule has 140 valence electrons. The lowest BCUT2D eigenvalue weighted by Crippen LogP contribution is -2.01. The number of pyridine rings is 1. The maximum atomic E-state index is 6.18. The number of halogens is 1. The molecule has 0 aliphatic rings. The Labute approximate surface area is 169 Å². The molecule has 0 unspecified atom stereocenters. The van der Waals surface area contributed by atoms with Crippen molar-refractivity contribution in [2.75, 3.05) is 12.8 Å². The Morgan fingerprint density at radius 1 is 0.857 bits per heavy atom. The van der Waals surface area contributed by atoms with E-state index in [-0.39, 0.29) is 17.4 Å². The highest BCUT2D eigenvalue weighted by atomic mass is 79.9. The number of fused-ring (bicyclic) bond motifs is 1. The fourth-order valence-electron chi connectivity index (χ4n) is 2.58. The van der Waals surface area contributed by atoms with Crippen molar-refractivity contribution in [2.24, 2.45) is 0 Å². The highest BCUT2D eigenvalue weighted by Crippen LogP contribution is 2.37. The number of anilines is 1. The molecule has 2 aromatic carbocycles. The van der Waals surface area contributed by atoms with Crippen LogP contribution in [0, 0.1) is 0 Å². The second kappa shape index (κ2) is 7.69. The Kier molecular flexibility index (Phi) is 4.94. The summed E-state index contributed by atoms with van der Waals surface area (Å²) in [6.45, 7) is 0. The first-order chi connectivity index (χ1) is 13.7. The summed E-state index contributed by atoms with van der Waals surface area (Å²) < 4.78 is 17.7. The molecule has 7 nitrogen and oxygen atoms in total. The minimum absolute atomic E-state index is 0.185. The van der Waals surface area contributed by atoms with Gasteiger partial charge in [-0.2, -0.15) is 9.97 Å². The van der Waals surface area contributed by atoms with Gasteiger partial charge in [0, 0.05) is 16.1 Å². The topological polar surface area (TPSA) is 92.4 Å². The highest BCUT2D eigenvalue weighted by Gasteiger charge is 2.15. The fourth-order valence-corrected chi connectivity index (χ4v) is 3.03. The Morgan fingerprint density at radius 3 is 2.32 bits per heavy atom. The van der Waals surface area contributed by atoms with Crippen LogP contribution < -0.4 is 19.9 Å². The largest absolute Gasteiger partial charge is 0.497 e. The van der Waals surface area contributed by atoms with Gasteiger partial charge in [-0.1, -0.05) is 22.0 Å². The van der Waals surface area contributed by atoms with Gasteiger partial charge in [0.1, 0.15) is 23.3 Å². The molecule has 0 aliphatic carbocycles. The molecular formula is C20H15BrN4O3. The number of ether oxygens (including phenoxy) is 3. The molecule has 0 atom stereocenters. The van der Waals surface area contributed by atoms with Gasteiger partial charge in [-0.05, 0) is 42.5 Å². The third-order valence-corrected chi connectivity index (χ3v) is 4.66. The van der Waals surface area contributed by atoms with Crippen molar-refractivity contribution in [2.45, 2.75) is 0 Å². The molecule has 28 heavy (non-hydrogen) atoms. The van der Waals surface area contributed by atoms with Crippen molar-refractivity contribution < 1.29 is 14.2 Å². The van der Waals surface area contributed by atoms with Crippen LogP contribution in [0.5, 0.6) is 29.0 Å². The molecule has 0 radical (unpaired) electrons. The average molecular weight is 439 g/mol. The first-order valence-electron chi connectivity index (χ1n) is 8.29. The summed E-state index contributed by atoms with van der Waals surface area (Å²) in [7, 11) is 1.60. The van der Waals surface area contributed by atoms with E-state index in [2.05, 4.69) is 30.9 Å². The molecule has 0 fully saturated rings. The predicted octanol–water partition coefficient (Wildman–Crippen LogP) is 4.96. The number of aromatic nitrogens is 3. The van der Waals surface area contributed by atoms with Crippen LogP contribution in [-0.2, 0) is 0 Å². The lowest BCUT2D eigenvalue weighted by atomic mass is 10.2. The first-order valence-corrected chi connectivity index (χ1v) is 9.08. The van der Waals surface area contributed by atoms with Crippen LogP contribution in [0.15, 0.2) is 65.5 Å². The molecule has 0 aliphatic heterocycles. The second-order valence-electron chi connectivity index (χ2n) is 5.72. The lowest BCUT2D eigenvalue weighted by Gasteiger charge is -2.12. The number of rotatable bonds is 5. The summed E-state index contributed by atoms with van der Waals surface area (Å²) >= 11 is 3.52. The van der Waals surface area contributed by atoms with Crippen LogP contribution in [-0.4, -0.2) is 22.1 Å². The second-order valence-corrected chi connectivity index (χ2v) is 6.58. The van der Waals surface area contributed by atoms with Crippen molar-refractivity contribution in [1.29, 1.82) is 0 Å². The number of nitrogens with two attached hydrogens (primary N) is 1. The number of hydrogen-bond donors (Lipinski definition) is 1. The van der Waals surface area contributed by atoms with Crippen molar-refractivity contribution in [3.8, 4) is 29.0 Å². The molecule has 0 spiro atoms. The quantitative estimate of drug-likeness (QED) is 0.470. The van der Waals surface area contributed by atoms with Gasteiger partial charge in [0.05, 0.1) is 7.11 Å². The van der Waals surface area contributed by atoms with Crippen LogP contribution in [0.1, 0.15) is 0 Å². The van der Waals surface area contributed by atoms with E-state index in [4.69, 9.17) is 19.9 Å².